The van der Waals surface area contributed by atoms with Crippen molar-refractivity contribution in [1.29, 1.82) is 0 Å². The second-order valence-corrected chi connectivity index (χ2v) is 4.17. The molecule has 0 fully saturated rings. The number of alkyl halides is 1. The van der Waals surface area contributed by atoms with Crippen molar-refractivity contribution in [3.8, 4) is 0 Å². The molecule has 0 radical (unpaired) electrons. The first kappa shape index (κ1) is 11.5. The SMILES string of the molecule is Cc1ccc(C)c(CNC(C)CCl)c1. The Bertz CT molecular complexity index is 296. The van der Waals surface area contributed by atoms with Gasteiger partial charge >= 0.3 is 0 Å². The number of nitrogens with one attached hydrogen (secondary N) is 1. The second-order valence-electron chi connectivity index (χ2n) is 3.87. The Labute approximate surface area is 91.5 Å². The zero-order chi connectivity index (χ0) is 10.6. The largest absolute Gasteiger partial charge is 0.309 e. The molecule has 1 unspecified atom stereocenters. The molecule has 14 heavy (non-hydrogen) atoms. The van der Waals surface area contributed by atoms with Crippen molar-refractivity contribution in [1.82, 2.24) is 5.32 Å². The monoisotopic (exact) mass is 211 g/mol. The summed E-state index contributed by atoms with van der Waals surface area (Å²) in [7, 11) is 0. The lowest BCUT2D eigenvalue weighted by Gasteiger charge is -2.12. The molecule has 1 rings (SSSR count). The Morgan fingerprint density at radius 3 is 2.71 bits per heavy atom. The molecule has 1 aromatic carbocycles. The molecule has 0 aliphatic rings. The van der Waals surface area contributed by atoms with Crippen LogP contribution in [0.25, 0.3) is 0 Å². The molecular weight excluding hydrogens is 194 g/mol. The summed E-state index contributed by atoms with van der Waals surface area (Å²) in [5.74, 6) is 0.658. The topological polar surface area (TPSA) is 12.0 Å². The van der Waals surface area contributed by atoms with Crippen LogP contribution in [0.15, 0.2) is 18.2 Å². The molecule has 0 aliphatic carbocycles. The van der Waals surface area contributed by atoms with E-state index >= 15 is 0 Å². The van der Waals surface area contributed by atoms with Crippen molar-refractivity contribution in [3.63, 3.8) is 0 Å². The number of benzene rings is 1. The van der Waals surface area contributed by atoms with Crippen LogP contribution in [-0.4, -0.2) is 11.9 Å². The summed E-state index contributed by atoms with van der Waals surface area (Å²) < 4.78 is 0. The summed E-state index contributed by atoms with van der Waals surface area (Å²) in [4.78, 5) is 0. The van der Waals surface area contributed by atoms with Gasteiger partial charge in [0.1, 0.15) is 0 Å². The van der Waals surface area contributed by atoms with Crippen molar-refractivity contribution >= 4 is 11.6 Å². The molecule has 78 valence electrons. The summed E-state index contributed by atoms with van der Waals surface area (Å²) in [5.41, 5.74) is 4.01. The van der Waals surface area contributed by atoms with Crippen LogP contribution in [0.3, 0.4) is 0 Å². The van der Waals surface area contributed by atoms with Crippen molar-refractivity contribution in [2.75, 3.05) is 5.88 Å². The van der Waals surface area contributed by atoms with Gasteiger partial charge in [-0.05, 0) is 31.9 Å². The van der Waals surface area contributed by atoms with Crippen LogP contribution in [0.4, 0.5) is 0 Å². The van der Waals surface area contributed by atoms with Gasteiger partial charge in [0, 0.05) is 18.5 Å². The maximum absolute atomic E-state index is 5.73. The maximum Gasteiger partial charge on any atom is 0.0374 e. The average molecular weight is 212 g/mol. The van der Waals surface area contributed by atoms with E-state index in [2.05, 4.69) is 44.3 Å². The predicted octanol–water partition coefficient (Wildman–Crippen LogP) is 3.02. The molecule has 1 N–H and O–H groups in total. The number of hydrogen-bond acceptors (Lipinski definition) is 1. The zero-order valence-corrected chi connectivity index (χ0v) is 9.86. The summed E-state index contributed by atoms with van der Waals surface area (Å²) in [6, 6.07) is 6.90. The minimum atomic E-state index is 0.372. The molecule has 0 heterocycles. The summed E-state index contributed by atoms with van der Waals surface area (Å²) in [6.07, 6.45) is 0. The lowest BCUT2D eigenvalue weighted by Crippen LogP contribution is -2.27. The molecular formula is C12H18ClN. The maximum atomic E-state index is 5.73. The van der Waals surface area contributed by atoms with Crippen LogP contribution in [0.2, 0.25) is 0 Å². The lowest BCUT2D eigenvalue weighted by molar-refractivity contribution is 0.592. The molecule has 1 nitrogen and oxygen atoms in total. The van der Waals surface area contributed by atoms with Crippen molar-refractivity contribution in [3.05, 3.63) is 34.9 Å². The van der Waals surface area contributed by atoms with E-state index in [-0.39, 0.29) is 0 Å². The van der Waals surface area contributed by atoms with Gasteiger partial charge in [0.2, 0.25) is 0 Å². The molecule has 1 atom stereocenters. The third kappa shape index (κ3) is 3.32. The van der Waals surface area contributed by atoms with Gasteiger partial charge in [-0.25, -0.2) is 0 Å². The van der Waals surface area contributed by atoms with Crippen molar-refractivity contribution in [2.45, 2.75) is 33.4 Å². The third-order valence-electron chi connectivity index (χ3n) is 2.38. The highest BCUT2D eigenvalue weighted by atomic mass is 35.5. The smallest absolute Gasteiger partial charge is 0.0374 e. The van der Waals surface area contributed by atoms with Gasteiger partial charge in [0.25, 0.3) is 0 Å². The number of hydrogen-bond donors (Lipinski definition) is 1. The molecule has 2 heteroatoms. The van der Waals surface area contributed by atoms with Crippen LogP contribution in [0, 0.1) is 13.8 Å². The van der Waals surface area contributed by atoms with E-state index in [4.69, 9.17) is 11.6 Å². The number of aryl methyl sites for hydroxylation is 2. The van der Waals surface area contributed by atoms with Gasteiger partial charge in [-0.1, -0.05) is 23.8 Å². The van der Waals surface area contributed by atoms with E-state index in [0.717, 1.165) is 6.54 Å². The normalized spacial score (nSPS) is 12.9. The zero-order valence-electron chi connectivity index (χ0n) is 9.10. The summed E-state index contributed by atoms with van der Waals surface area (Å²) >= 11 is 5.73. The van der Waals surface area contributed by atoms with E-state index in [1.807, 2.05) is 0 Å². The highest BCUT2D eigenvalue weighted by Crippen LogP contribution is 2.10. The van der Waals surface area contributed by atoms with E-state index < -0.39 is 0 Å². The van der Waals surface area contributed by atoms with Crippen molar-refractivity contribution < 1.29 is 0 Å². The number of rotatable bonds is 4. The Morgan fingerprint density at radius 1 is 1.36 bits per heavy atom. The molecule has 0 bridgehead atoms. The first-order chi connectivity index (χ1) is 6.63. The van der Waals surface area contributed by atoms with Gasteiger partial charge in [0.05, 0.1) is 0 Å². The van der Waals surface area contributed by atoms with Crippen LogP contribution in [0.5, 0.6) is 0 Å². The molecule has 0 saturated carbocycles. The van der Waals surface area contributed by atoms with E-state index in [1.54, 1.807) is 0 Å². The quantitative estimate of drug-likeness (QED) is 0.756. The molecule has 0 saturated heterocycles. The fraction of sp³-hybridized carbons (Fsp3) is 0.500. The van der Waals surface area contributed by atoms with Crippen molar-refractivity contribution in [2.24, 2.45) is 0 Å². The van der Waals surface area contributed by atoms with Crippen LogP contribution >= 0.6 is 11.6 Å². The summed E-state index contributed by atoms with van der Waals surface area (Å²) in [6.45, 7) is 7.26. The minimum absolute atomic E-state index is 0.372. The van der Waals surface area contributed by atoms with Crippen LogP contribution in [0.1, 0.15) is 23.6 Å². The summed E-state index contributed by atoms with van der Waals surface area (Å²) in [5, 5.41) is 3.38. The van der Waals surface area contributed by atoms with Gasteiger partial charge in [-0.2, -0.15) is 0 Å². The standard InChI is InChI=1S/C12H18ClN/c1-9-4-5-10(2)12(6-9)8-14-11(3)7-13/h4-6,11,14H,7-8H2,1-3H3. The fourth-order valence-electron chi connectivity index (χ4n) is 1.33. The molecule has 0 amide bonds. The predicted molar refractivity (Wildman–Crippen MR) is 62.9 cm³/mol. The fourth-order valence-corrected chi connectivity index (χ4v) is 1.44. The number of halogens is 1. The highest BCUT2D eigenvalue weighted by Gasteiger charge is 2.01. The van der Waals surface area contributed by atoms with Crippen LogP contribution < -0.4 is 5.32 Å². The Balaban J connectivity index is 2.62. The first-order valence-corrected chi connectivity index (χ1v) is 5.52. The van der Waals surface area contributed by atoms with E-state index in [9.17, 15) is 0 Å². The lowest BCUT2D eigenvalue weighted by atomic mass is 10.1. The van der Waals surface area contributed by atoms with Crippen LogP contribution in [-0.2, 0) is 6.54 Å². The second kappa shape index (κ2) is 5.38. The first-order valence-electron chi connectivity index (χ1n) is 4.99. The van der Waals surface area contributed by atoms with Gasteiger partial charge in [-0.15, -0.1) is 11.6 Å². The molecule has 1 aromatic rings. The molecule has 0 spiro atoms. The van der Waals surface area contributed by atoms with E-state index in [1.165, 1.54) is 16.7 Å². The van der Waals surface area contributed by atoms with Gasteiger partial charge in [0.15, 0.2) is 0 Å². The average Bonchev–Trinajstić information content (AvgIpc) is 2.19. The van der Waals surface area contributed by atoms with Gasteiger partial charge < -0.3 is 5.32 Å². The Hall–Kier alpha value is -0.530. The van der Waals surface area contributed by atoms with Gasteiger partial charge in [-0.3, -0.25) is 0 Å². The molecule has 0 aliphatic heterocycles. The highest BCUT2D eigenvalue weighted by molar-refractivity contribution is 6.18. The molecule has 0 aromatic heterocycles. The van der Waals surface area contributed by atoms with E-state index in [0.29, 0.717) is 11.9 Å². The Kier molecular flexibility index (Phi) is 4.43. The third-order valence-corrected chi connectivity index (χ3v) is 2.84. The Morgan fingerprint density at radius 2 is 2.07 bits per heavy atom. The minimum Gasteiger partial charge on any atom is -0.309 e.